The second-order valence-electron chi connectivity index (χ2n) is 6.50. The summed E-state index contributed by atoms with van der Waals surface area (Å²) in [6, 6.07) is 11.2. The van der Waals surface area contributed by atoms with E-state index in [4.69, 9.17) is 21.3 Å². The normalized spacial score (nSPS) is 15.0. The Morgan fingerprint density at radius 1 is 1.11 bits per heavy atom. The fraction of sp³-hybridized carbons (Fsp3) is 0.300. The maximum Gasteiger partial charge on any atom is 0.260 e. The SMILES string of the molecule is O=C(COc1ccc(Cl)cc1)N1CCN(Cc2nc(-c3cccs3)cs2)CC1. The van der Waals surface area contributed by atoms with Crippen molar-refractivity contribution in [3.8, 4) is 16.3 Å². The Morgan fingerprint density at radius 3 is 2.61 bits per heavy atom. The molecule has 1 aliphatic heterocycles. The Balaban J connectivity index is 1.23. The molecule has 0 bridgehead atoms. The summed E-state index contributed by atoms with van der Waals surface area (Å²) in [6.07, 6.45) is 0. The van der Waals surface area contributed by atoms with Gasteiger partial charge in [-0.25, -0.2) is 4.98 Å². The number of benzene rings is 1. The summed E-state index contributed by atoms with van der Waals surface area (Å²) in [4.78, 5) is 22.6. The number of thiazole rings is 1. The standard InChI is InChI=1S/C20H20ClN3O2S2/c21-15-3-5-16(6-4-15)26-13-20(25)24-9-7-23(8-10-24)12-19-22-17(14-28-19)18-2-1-11-27-18/h1-6,11,14H,7-10,12-13H2. The zero-order chi connectivity index (χ0) is 19.3. The molecule has 1 aromatic carbocycles. The molecular formula is C20H20ClN3O2S2. The summed E-state index contributed by atoms with van der Waals surface area (Å²) < 4.78 is 5.57. The van der Waals surface area contributed by atoms with Gasteiger partial charge in [0.2, 0.25) is 0 Å². The number of hydrogen-bond acceptors (Lipinski definition) is 6. The van der Waals surface area contributed by atoms with E-state index in [9.17, 15) is 4.79 Å². The van der Waals surface area contributed by atoms with E-state index < -0.39 is 0 Å². The lowest BCUT2D eigenvalue weighted by molar-refractivity contribution is -0.135. The minimum atomic E-state index is 0.0174. The van der Waals surface area contributed by atoms with Crippen molar-refractivity contribution in [1.29, 1.82) is 0 Å². The van der Waals surface area contributed by atoms with Crippen molar-refractivity contribution in [3.05, 3.63) is 57.2 Å². The molecule has 1 amide bonds. The maximum absolute atomic E-state index is 12.4. The fourth-order valence-corrected chi connectivity index (χ4v) is 4.76. The van der Waals surface area contributed by atoms with Gasteiger partial charge in [0.15, 0.2) is 6.61 Å². The van der Waals surface area contributed by atoms with Crippen molar-refractivity contribution < 1.29 is 9.53 Å². The van der Waals surface area contributed by atoms with Crippen molar-refractivity contribution in [3.63, 3.8) is 0 Å². The van der Waals surface area contributed by atoms with Crippen LogP contribution in [0.2, 0.25) is 5.02 Å². The minimum absolute atomic E-state index is 0.0174. The van der Waals surface area contributed by atoms with E-state index in [1.807, 2.05) is 11.0 Å². The molecule has 5 nitrogen and oxygen atoms in total. The van der Waals surface area contributed by atoms with Crippen molar-refractivity contribution in [2.45, 2.75) is 6.54 Å². The first-order chi connectivity index (χ1) is 13.7. The highest BCUT2D eigenvalue weighted by Gasteiger charge is 2.22. The Hall–Kier alpha value is -1.93. The molecule has 0 N–H and O–H groups in total. The summed E-state index contributed by atoms with van der Waals surface area (Å²) in [6.45, 7) is 4.01. The van der Waals surface area contributed by atoms with Gasteiger partial charge in [-0.3, -0.25) is 9.69 Å². The van der Waals surface area contributed by atoms with Crippen molar-refractivity contribution >= 4 is 40.2 Å². The molecular weight excluding hydrogens is 414 g/mol. The van der Waals surface area contributed by atoms with Gasteiger partial charge >= 0.3 is 0 Å². The smallest absolute Gasteiger partial charge is 0.260 e. The van der Waals surface area contributed by atoms with Crippen LogP contribution in [0.25, 0.3) is 10.6 Å². The molecule has 4 rings (SSSR count). The van der Waals surface area contributed by atoms with Crippen LogP contribution in [-0.2, 0) is 11.3 Å². The summed E-state index contributed by atoms with van der Waals surface area (Å²) in [5, 5.41) is 5.96. The molecule has 1 fully saturated rings. The van der Waals surface area contributed by atoms with Crippen molar-refractivity contribution in [2.24, 2.45) is 0 Å². The van der Waals surface area contributed by atoms with Gasteiger partial charge in [0.05, 0.1) is 17.1 Å². The number of carbonyl (C=O) groups is 1. The molecule has 0 aliphatic carbocycles. The second-order valence-corrected chi connectivity index (χ2v) is 8.83. The van der Waals surface area contributed by atoms with E-state index in [2.05, 4.69) is 21.7 Å². The Bertz CT molecular complexity index is 904. The predicted octanol–water partition coefficient (Wildman–Crippen LogP) is 4.25. The molecule has 0 radical (unpaired) electrons. The highest BCUT2D eigenvalue weighted by Crippen LogP contribution is 2.26. The van der Waals surface area contributed by atoms with Gasteiger partial charge in [0.1, 0.15) is 10.8 Å². The third-order valence-electron chi connectivity index (χ3n) is 4.59. The van der Waals surface area contributed by atoms with E-state index >= 15 is 0 Å². The molecule has 3 heterocycles. The number of aromatic nitrogens is 1. The quantitative estimate of drug-likeness (QED) is 0.583. The van der Waals surface area contributed by atoms with Gasteiger partial charge in [0.25, 0.3) is 5.91 Å². The van der Waals surface area contributed by atoms with E-state index in [1.54, 1.807) is 46.9 Å². The number of halogens is 1. The lowest BCUT2D eigenvalue weighted by atomic mass is 10.3. The van der Waals surface area contributed by atoms with Crippen LogP contribution in [0.15, 0.2) is 47.2 Å². The largest absolute Gasteiger partial charge is 0.484 e. The number of thiophene rings is 1. The van der Waals surface area contributed by atoms with Gasteiger partial charge in [-0.2, -0.15) is 0 Å². The Labute approximate surface area is 177 Å². The Morgan fingerprint density at radius 2 is 1.89 bits per heavy atom. The van der Waals surface area contributed by atoms with Gasteiger partial charge in [-0.15, -0.1) is 22.7 Å². The molecule has 3 aromatic rings. The van der Waals surface area contributed by atoms with E-state index in [0.29, 0.717) is 23.9 Å². The van der Waals surface area contributed by atoms with Crippen LogP contribution in [0.3, 0.4) is 0 Å². The zero-order valence-corrected chi connectivity index (χ0v) is 17.6. The Kier molecular flexibility index (Phi) is 6.26. The second kappa shape index (κ2) is 9.05. The number of hydrogen-bond donors (Lipinski definition) is 0. The maximum atomic E-state index is 12.4. The van der Waals surface area contributed by atoms with Crippen LogP contribution in [0.5, 0.6) is 5.75 Å². The van der Waals surface area contributed by atoms with Gasteiger partial charge in [-0.05, 0) is 35.7 Å². The number of rotatable bonds is 6. The zero-order valence-electron chi connectivity index (χ0n) is 15.2. The van der Waals surface area contributed by atoms with Gasteiger partial charge in [-0.1, -0.05) is 17.7 Å². The molecule has 2 aromatic heterocycles. The van der Waals surface area contributed by atoms with Crippen LogP contribution < -0.4 is 4.74 Å². The molecule has 28 heavy (non-hydrogen) atoms. The molecule has 0 saturated carbocycles. The topological polar surface area (TPSA) is 45.7 Å². The summed E-state index contributed by atoms with van der Waals surface area (Å²) in [5.74, 6) is 0.672. The lowest BCUT2D eigenvalue weighted by Crippen LogP contribution is -2.49. The van der Waals surface area contributed by atoms with Crippen LogP contribution >= 0.6 is 34.3 Å². The van der Waals surface area contributed by atoms with Crippen LogP contribution in [-0.4, -0.2) is 53.5 Å². The monoisotopic (exact) mass is 433 g/mol. The number of ether oxygens (including phenoxy) is 1. The van der Waals surface area contributed by atoms with Gasteiger partial charge in [0, 0.05) is 36.6 Å². The lowest BCUT2D eigenvalue weighted by Gasteiger charge is -2.34. The molecule has 1 aliphatic rings. The minimum Gasteiger partial charge on any atom is -0.484 e. The molecule has 0 atom stereocenters. The average Bonchev–Trinajstić information content (AvgIpc) is 3.40. The fourth-order valence-electron chi connectivity index (χ4n) is 3.03. The number of nitrogens with zero attached hydrogens (tertiary/aromatic N) is 3. The molecule has 0 unspecified atom stereocenters. The first kappa shape index (κ1) is 19.4. The number of amides is 1. The number of piperazine rings is 1. The van der Waals surface area contributed by atoms with E-state index in [1.165, 1.54) is 4.88 Å². The van der Waals surface area contributed by atoms with Crippen LogP contribution in [0.4, 0.5) is 0 Å². The van der Waals surface area contributed by atoms with Crippen LogP contribution in [0, 0.1) is 0 Å². The number of carbonyl (C=O) groups excluding carboxylic acids is 1. The average molecular weight is 434 g/mol. The third-order valence-corrected chi connectivity index (χ3v) is 6.56. The predicted molar refractivity (Wildman–Crippen MR) is 114 cm³/mol. The van der Waals surface area contributed by atoms with E-state index in [0.717, 1.165) is 30.3 Å². The molecule has 8 heteroatoms. The first-order valence-corrected chi connectivity index (χ1v) is 11.2. The van der Waals surface area contributed by atoms with Crippen LogP contribution in [0.1, 0.15) is 5.01 Å². The highest BCUT2D eigenvalue weighted by molar-refractivity contribution is 7.14. The molecule has 0 spiro atoms. The first-order valence-electron chi connectivity index (χ1n) is 9.04. The highest BCUT2D eigenvalue weighted by atomic mass is 35.5. The molecule has 146 valence electrons. The summed E-state index contributed by atoms with van der Waals surface area (Å²) in [5.41, 5.74) is 1.06. The summed E-state index contributed by atoms with van der Waals surface area (Å²) >= 11 is 9.27. The molecule has 1 saturated heterocycles. The van der Waals surface area contributed by atoms with Gasteiger partial charge < -0.3 is 9.64 Å². The van der Waals surface area contributed by atoms with Crippen molar-refractivity contribution in [2.75, 3.05) is 32.8 Å². The van der Waals surface area contributed by atoms with Crippen molar-refractivity contribution in [1.82, 2.24) is 14.8 Å². The van der Waals surface area contributed by atoms with E-state index in [-0.39, 0.29) is 12.5 Å². The summed E-state index contributed by atoms with van der Waals surface area (Å²) in [7, 11) is 0. The third kappa shape index (κ3) is 4.91.